The average molecular weight is 390 g/mol. The Morgan fingerprint density at radius 2 is 2.11 bits per heavy atom. The van der Waals surface area contributed by atoms with Crippen molar-refractivity contribution in [2.75, 3.05) is 18.7 Å². The van der Waals surface area contributed by atoms with Gasteiger partial charge in [-0.3, -0.25) is 10.1 Å². The molecule has 0 fully saturated rings. The molecule has 142 valence electrons. The van der Waals surface area contributed by atoms with Crippen molar-refractivity contribution in [2.45, 2.75) is 20.8 Å². The molecule has 0 bridgehead atoms. The van der Waals surface area contributed by atoms with Crippen LogP contribution in [0.3, 0.4) is 0 Å². The maximum atomic E-state index is 12.3. The molecule has 3 rings (SSSR count). The number of benzene rings is 1. The van der Waals surface area contributed by atoms with Crippen molar-refractivity contribution in [3.63, 3.8) is 0 Å². The van der Waals surface area contributed by atoms with E-state index in [9.17, 15) is 9.59 Å². The first-order valence-corrected chi connectivity index (χ1v) is 8.91. The van der Waals surface area contributed by atoms with E-state index in [1.165, 1.54) is 0 Å². The number of anilines is 1. The summed E-state index contributed by atoms with van der Waals surface area (Å²) in [5.41, 5.74) is 4.71. The van der Waals surface area contributed by atoms with Gasteiger partial charge in [0.05, 0.1) is 23.6 Å². The minimum absolute atomic E-state index is 0.137. The molecule has 2 N–H and O–H groups in total. The average Bonchev–Trinajstić information content (AvgIpc) is 3.25. The molecule has 0 saturated carbocycles. The molecule has 10 heteroatoms. The van der Waals surface area contributed by atoms with Gasteiger partial charge in [0, 0.05) is 5.56 Å². The Balaban J connectivity index is 1.73. The zero-order valence-corrected chi connectivity index (χ0v) is 15.8. The van der Waals surface area contributed by atoms with E-state index in [2.05, 4.69) is 20.2 Å². The van der Waals surface area contributed by atoms with Gasteiger partial charge in [-0.05, 0) is 50.5 Å². The molecule has 2 aromatic rings. The smallest absolute Gasteiger partial charge is 0.412 e. The normalized spacial score (nSPS) is 12.6. The predicted octanol–water partition coefficient (Wildman–Crippen LogP) is 2.90. The Bertz CT molecular complexity index is 909. The summed E-state index contributed by atoms with van der Waals surface area (Å²) in [5, 5.41) is 7.27. The van der Waals surface area contributed by atoms with E-state index in [1.807, 2.05) is 0 Å². The molecule has 1 aliphatic heterocycles. The first kappa shape index (κ1) is 18.6. The Labute approximate surface area is 159 Å². The van der Waals surface area contributed by atoms with Crippen LogP contribution in [0.25, 0.3) is 0 Å². The molecule has 0 saturated heterocycles. The fourth-order valence-electron chi connectivity index (χ4n) is 2.43. The Kier molecular flexibility index (Phi) is 5.55. The lowest BCUT2D eigenvalue weighted by Crippen LogP contribution is -2.20. The summed E-state index contributed by atoms with van der Waals surface area (Å²) in [6, 6.07) is 4.88. The Hall–Kier alpha value is -3.14. The van der Waals surface area contributed by atoms with Crippen LogP contribution in [0.15, 0.2) is 23.3 Å². The second-order valence-electron chi connectivity index (χ2n) is 5.52. The molecule has 1 aromatic carbocycles. The van der Waals surface area contributed by atoms with Crippen LogP contribution < -0.4 is 20.2 Å². The van der Waals surface area contributed by atoms with Crippen LogP contribution >= 0.6 is 11.5 Å². The quantitative estimate of drug-likeness (QED) is 0.600. The summed E-state index contributed by atoms with van der Waals surface area (Å²) < 4.78 is 19.6. The molecule has 2 amide bonds. The maximum absolute atomic E-state index is 12.3. The van der Waals surface area contributed by atoms with Crippen LogP contribution in [0.1, 0.15) is 35.5 Å². The number of aromatic nitrogens is 1. The monoisotopic (exact) mass is 390 g/mol. The minimum Gasteiger partial charge on any atom is -0.454 e. The molecule has 27 heavy (non-hydrogen) atoms. The lowest BCUT2D eigenvalue weighted by Gasteiger charge is -2.07. The van der Waals surface area contributed by atoms with E-state index < -0.39 is 12.0 Å². The molecular weight excluding hydrogens is 372 g/mol. The second kappa shape index (κ2) is 8.04. The van der Waals surface area contributed by atoms with Crippen LogP contribution in [-0.2, 0) is 4.74 Å². The van der Waals surface area contributed by atoms with Gasteiger partial charge < -0.3 is 14.2 Å². The first-order chi connectivity index (χ1) is 13.0. The molecular formula is C17H18N4O5S. The van der Waals surface area contributed by atoms with Gasteiger partial charge in [-0.2, -0.15) is 9.47 Å². The van der Waals surface area contributed by atoms with Crippen molar-refractivity contribution in [3.8, 4) is 11.5 Å². The summed E-state index contributed by atoms with van der Waals surface area (Å²) in [7, 11) is 0. The number of fused-ring (bicyclic) bond motifs is 1. The fraction of sp³-hybridized carbons (Fsp3) is 0.294. The molecule has 1 aliphatic rings. The van der Waals surface area contributed by atoms with E-state index in [4.69, 9.17) is 14.2 Å². The number of nitrogens with zero attached hydrogens (tertiary/aromatic N) is 2. The van der Waals surface area contributed by atoms with Crippen LogP contribution in [0.2, 0.25) is 0 Å². The van der Waals surface area contributed by atoms with Crippen molar-refractivity contribution in [1.29, 1.82) is 0 Å². The van der Waals surface area contributed by atoms with Gasteiger partial charge in [-0.25, -0.2) is 10.2 Å². The second-order valence-corrected chi connectivity index (χ2v) is 6.30. The first-order valence-electron chi connectivity index (χ1n) is 8.14. The number of hydrogen-bond donors (Lipinski definition) is 2. The van der Waals surface area contributed by atoms with E-state index in [0.29, 0.717) is 39.0 Å². The number of aryl methyl sites for hydroxylation is 1. The lowest BCUT2D eigenvalue weighted by atomic mass is 10.1. The number of hydrogen-bond acceptors (Lipinski definition) is 8. The molecule has 1 aromatic heterocycles. The molecule has 9 nitrogen and oxygen atoms in total. The van der Waals surface area contributed by atoms with Gasteiger partial charge in [0.25, 0.3) is 5.91 Å². The molecule has 0 spiro atoms. The highest BCUT2D eigenvalue weighted by atomic mass is 32.1. The lowest BCUT2D eigenvalue weighted by molar-refractivity contribution is 0.0954. The number of carbonyl (C=O) groups is 2. The minimum atomic E-state index is -0.570. The van der Waals surface area contributed by atoms with E-state index >= 15 is 0 Å². The third-order valence-corrected chi connectivity index (χ3v) is 4.53. The van der Waals surface area contributed by atoms with Gasteiger partial charge in [-0.15, -0.1) is 0 Å². The van der Waals surface area contributed by atoms with Crippen LogP contribution in [0.5, 0.6) is 11.5 Å². The highest BCUT2D eigenvalue weighted by molar-refractivity contribution is 7.11. The number of ether oxygens (including phenoxy) is 3. The van der Waals surface area contributed by atoms with E-state index in [1.54, 1.807) is 39.0 Å². The summed E-state index contributed by atoms with van der Waals surface area (Å²) in [4.78, 5) is 24.0. The van der Waals surface area contributed by atoms with Crippen molar-refractivity contribution in [2.24, 2.45) is 5.10 Å². The Morgan fingerprint density at radius 3 is 2.89 bits per heavy atom. The van der Waals surface area contributed by atoms with Gasteiger partial charge in [-0.1, -0.05) is 0 Å². The van der Waals surface area contributed by atoms with Crippen LogP contribution in [0, 0.1) is 6.92 Å². The van der Waals surface area contributed by atoms with Crippen molar-refractivity contribution in [3.05, 3.63) is 35.0 Å². The molecule has 0 radical (unpaired) electrons. The highest BCUT2D eigenvalue weighted by Gasteiger charge is 2.18. The topological polar surface area (TPSA) is 111 Å². The van der Waals surface area contributed by atoms with Crippen LogP contribution in [-0.4, -0.2) is 35.5 Å². The summed E-state index contributed by atoms with van der Waals surface area (Å²) in [5.74, 6) is 0.719. The highest BCUT2D eigenvalue weighted by Crippen LogP contribution is 2.32. The standard InChI is InChI=1S/C17H18N4O5S/c1-4-24-17(23)18-16-14(10(3)21-27-16)9(2)19-20-15(22)11-5-6-12-13(7-11)26-8-25-12/h5-7H,4,8H2,1-3H3,(H,18,23)(H,20,22)/b19-9+. The number of hydrazone groups is 1. The summed E-state index contributed by atoms with van der Waals surface area (Å²) in [6.07, 6.45) is -0.570. The molecule has 0 aliphatic carbocycles. The SMILES string of the molecule is CCOC(=O)Nc1snc(C)c1/C(C)=N/NC(=O)c1ccc2c(c1)OCO2. The number of carbonyl (C=O) groups excluding carboxylic acids is 2. The predicted molar refractivity (Wildman–Crippen MR) is 99.7 cm³/mol. The molecule has 0 unspecified atom stereocenters. The maximum Gasteiger partial charge on any atom is 0.412 e. The zero-order valence-electron chi connectivity index (χ0n) is 15.0. The molecule has 2 heterocycles. The van der Waals surface area contributed by atoms with Gasteiger partial charge in [0.1, 0.15) is 5.00 Å². The Morgan fingerprint density at radius 1 is 1.33 bits per heavy atom. The fourth-order valence-corrected chi connectivity index (χ4v) is 3.27. The zero-order chi connectivity index (χ0) is 19.4. The van der Waals surface area contributed by atoms with E-state index in [0.717, 1.165) is 11.5 Å². The van der Waals surface area contributed by atoms with Gasteiger partial charge in [0.2, 0.25) is 6.79 Å². The summed E-state index contributed by atoms with van der Waals surface area (Å²) in [6.45, 7) is 5.63. The van der Waals surface area contributed by atoms with Gasteiger partial charge in [0.15, 0.2) is 11.5 Å². The van der Waals surface area contributed by atoms with E-state index in [-0.39, 0.29) is 13.4 Å². The van der Waals surface area contributed by atoms with Crippen molar-refractivity contribution < 1.29 is 23.8 Å². The van der Waals surface area contributed by atoms with Crippen molar-refractivity contribution >= 4 is 34.2 Å². The third kappa shape index (κ3) is 4.17. The van der Waals surface area contributed by atoms with Gasteiger partial charge >= 0.3 is 6.09 Å². The van der Waals surface area contributed by atoms with Crippen molar-refractivity contribution in [1.82, 2.24) is 9.80 Å². The number of amides is 2. The third-order valence-electron chi connectivity index (χ3n) is 3.68. The number of rotatable bonds is 5. The summed E-state index contributed by atoms with van der Waals surface area (Å²) >= 11 is 1.12. The number of nitrogens with one attached hydrogen (secondary N) is 2. The van der Waals surface area contributed by atoms with Crippen LogP contribution in [0.4, 0.5) is 9.80 Å². The molecule has 0 atom stereocenters. The largest absolute Gasteiger partial charge is 0.454 e.